The summed E-state index contributed by atoms with van der Waals surface area (Å²) < 4.78 is 0. The SMILES string of the molecule is CNc1cnc(CN2CCC(CO)CC2)cn1. The molecule has 2 N–H and O–H groups in total. The fourth-order valence-corrected chi connectivity index (χ4v) is 2.12. The van der Waals surface area contributed by atoms with E-state index in [0.717, 1.165) is 44.0 Å². The highest BCUT2D eigenvalue weighted by Crippen LogP contribution is 2.17. The number of piperidine rings is 1. The third-order valence-electron chi connectivity index (χ3n) is 3.31. The van der Waals surface area contributed by atoms with Crippen molar-refractivity contribution in [3.63, 3.8) is 0 Å². The van der Waals surface area contributed by atoms with Gasteiger partial charge < -0.3 is 10.4 Å². The maximum absolute atomic E-state index is 9.08. The van der Waals surface area contributed by atoms with Crippen LogP contribution in [0.5, 0.6) is 0 Å². The molecule has 5 heteroatoms. The van der Waals surface area contributed by atoms with E-state index in [-0.39, 0.29) is 0 Å². The monoisotopic (exact) mass is 236 g/mol. The Morgan fingerprint density at radius 1 is 1.35 bits per heavy atom. The minimum atomic E-state index is 0.324. The van der Waals surface area contributed by atoms with Crippen LogP contribution < -0.4 is 5.32 Å². The van der Waals surface area contributed by atoms with Gasteiger partial charge in [0.25, 0.3) is 0 Å². The Labute approximate surface area is 102 Å². The molecule has 94 valence electrons. The molecule has 0 unspecified atom stereocenters. The quantitative estimate of drug-likeness (QED) is 0.806. The molecule has 0 spiro atoms. The van der Waals surface area contributed by atoms with Crippen molar-refractivity contribution in [2.75, 3.05) is 32.1 Å². The number of hydrogen-bond donors (Lipinski definition) is 2. The number of nitrogens with zero attached hydrogens (tertiary/aromatic N) is 3. The lowest BCUT2D eigenvalue weighted by Gasteiger charge is -2.30. The Balaban J connectivity index is 1.84. The van der Waals surface area contributed by atoms with Gasteiger partial charge in [-0.1, -0.05) is 0 Å². The Hall–Kier alpha value is -1.20. The molecule has 1 aliphatic rings. The van der Waals surface area contributed by atoms with Gasteiger partial charge in [0.1, 0.15) is 5.82 Å². The third-order valence-corrected chi connectivity index (χ3v) is 3.31. The average Bonchev–Trinajstić information content (AvgIpc) is 2.40. The van der Waals surface area contributed by atoms with Gasteiger partial charge in [0, 0.05) is 20.2 Å². The largest absolute Gasteiger partial charge is 0.396 e. The van der Waals surface area contributed by atoms with Crippen molar-refractivity contribution in [2.24, 2.45) is 5.92 Å². The fourth-order valence-electron chi connectivity index (χ4n) is 2.12. The molecule has 2 rings (SSSR count). The van der Waals surface area contributed by atoms with E-state index < -0.39 is 0 Å². The van der Waals surface area contributed by atoms with Gasteiger partial charge in [0.05, 0.1) is 18.1 Å². The van der Waals surface area contributed by atoms with Crippen molar-refractivity contribution in [3.8, 4) is 0 Å². The predicted octanol–water partition coefficient (Wildman–Crippen LogP) is 0.723. The summed E-state index contributed by atoms with van der Waals surface area (Å²) in [6, 6.07) is 0. The molecular formula is C12H20N4O. The molecular weight excluding hydrogens is 216 g/mol. The van der Waals surface area contributed by atoms with Crippen LogP contribution in [0, 0.1) is 5.92 Å². The topological polar surface area (TPSA) is 61.3 Å². The van der Waals surface area contributed by atoms with Crippen LogP contribution in [0.4, 0.5) is 5.82 Å². The molecule has 2 heterocycles. The highest BCUT2D eigenvalue weighted by atomic mass is 16.3. The summed E-state index contributed by atoms with van der Waals surface area (Å²) in [7, 11) is 1.84. The zero-order valence-electron chi connectivity index (χ0n) is 10.3. The van der Waals surface area contributed by atoms with Gasteiger partial charge in [-0.15, -0.1) is 0 Å². The molecule has 1 saturated heterocycles. The van der Waals surface area contributed by atoms with Crippen molar-refractivity contribution >= 4 is 5.82 Å². The molecule has 17 heavy (non-hydrogen) atoms. The van der Waals surface area contributed by atoms with Gasteiger partial charge in [0.2, 0.25) is 0 Å². The molecule has 5 nitrogen and oxygen atoms in total. The Morgan fingerprint density at radius 3 is 2.65 bits per heavy atom. The van der Waals surface area contributed by atoms with Gasteiger partial charge in [-0.3, -0.25) is 9.88 Å². The minimum Gasteiger partial charge on any atom is -0.396 e. The van der Waals surface area contributed by atoms with E-state index in [1.54, 1.807) is 6.20 Å². The Bertz CT molecular complexity index is 333. The van der Waals surface area contributed by atoms with E-state index in [4.69, 9.17) is 5.11 Å². The standard InChI is InChI=1S/C12H20N4O/c1-13-12-7-14-11(6-15-12)8-16-4-2-10(9-17)3-5-16/h6-7,10,17H,2-5,8-9H2,1H3,(H,13,15). The number of aliphatic hydroxyl groups is 1. The normalized spacial score (nSPS) is 18.2. The highest BCUT2D eigenvalue weighted by Gasteiger charge is 2.18. The van der Waals surface area contributed by atoms with Crippen LogP contribution in [-0.2, 0) is 6.54 Å². The molecule has 0 aliphatic carbocycles. The first-order valence-corrected chi connectivity index (χ1v) is 6.13. The summed E-state index contributed by atoms with van der Waals surface area (Å²) >= 11 is 0. The van der Waals surface area contributed by atoms with Crippen LogP contribution >= 0.6 is 0 Å². The zero-order chi connectivity index (χ0) is 12.1. The summed E-state index contributed by atoms with van der Waals surface area (Å²) in [4.78, 5) is 11.0. The molecule has 0 radical (unpaired) electrons. The lowest BCUT2D eigenvalue weighted by Crippen LogP contribution is -2.34. The van der Waals surface area contributed by atoms with Gasteiger partial charge in [-0.05, 0) is 31.8 Å². The summed E-state index contributed by atoms with van der Waals surface area (Å²) in [5.74, 6) is 1.29. The molecule has 0 atom stereocenters. The molecule has 0 saturated carbocycles. The smallest absolute Gasteiger partial charge is 0.144 e. The summed E-state index contributed by atoms with van der Waals surface area (Å²) in [6.45, 7) is 3.26. The van der Waals surface area contributed by atoms with Crippen molar-refractivity contribution in [1.29, 1.82) is 0 Å². The third kappa shape index (κ3) is 3.38. The number of likely N-dealkylation sites (tertiary alicyclic amines) is 1. The number of anilines is 1. The second-order valence-corrected chi connectivity index (χ2v) is 4.55. The number of aromatic nitrogens is 2. The molecule has 0 aromatic carbocycles. The van der Waals surface area contributed by atoms with Crippen LogP contribution in [-0.4, -0.2) is 46.7 Å². The Morgan fingerprint density at radius 2 is 2.12 bits per heavy atom. The maximum atomic E-state index is 9.08. The maximum Gasteiger partial charge on any atom is 0.144 e. The second-order valence-electron chi connectivity index (χ2n) is 4.55. The average molecular weight is 236 g/mol. The predicted molar refractivity (Wildman–Crippen MR) is 66.7 cm³/mol. The van der Waals surface area contributed by atoms with Crippen molar-refractivity contribution in [2.45, 2.75) is 19.4 Å². The molecule has 1 aromatic rings. The van der Waals surface area contributed by atoms with Crippen LogP contribution in [0.15, 0.2) is 12.4 Å². The van der Waals surface area contributed by atoms with Crippen LogP contribution in [0.3, 0.4) is 0 Å². The first-order chi connectivity index (χ1) is 8.31. The summed E-state index contributed by atoms with van der Waals surface area (Å²) in [5.41, 5.74) is 1.01. The lowest BCUT2D eigenvalue weighted by molar-refractivity contribution is 0.126. The van der Waals surface area contributed by atoms with E-state index in [0.29, 0.717) is 12.5 Å². The lowest BCUT2D eigenvalue weighted by atomic mass is 9.98. The Kier molecular flexibility index (Phi) is 4.28. The first-order valence-electron chi connectivity index (χ1n) is 6.13. The summed E-state index contributed by atoms with van der Waals surface area (Å²) in [6.07, 6.45) is 5.75. The molecule has 1 aromatic heterocycles. The zero-order valence-corrected chi connectivity index (χ0v) is 10.3. The molecule has 1 aliphatic heterocycles. The van der Waals surface area contributed by atoms with E-state index in [2.05, 4.69) is 20.2 Å². The van der Waals surface area contributed by atoms with E-state index >= 15 is 0 Å². The number of aliphatic hydroxyl groups excluding tert-OH is 1. The van der Waals surface area contributed by atoms with E-state index in [1.807, 2.05) is 13.2 Å². The minimum absolute atomic E-state index is 0.324. The number of hydrogen-bond acceptors (Lipinski definition) is 5. The second kappa shape index (κ2) is 5.93. The van der Waals surface area contributed by atoms with Crippen molar-refractivity contribution in [3.05, 3.63) is 18.1 Å². The van der Waals surface area contributed by atoms with Crippen molar-refractivity contribution < 1.29 is 5.11 Å². The van der Waals surface area contributed by atoms with Crippen LogP contribution in [0.2, 0.25) is 0 Å². The van der Waals surface area contributed by atoms with Gasteiger partial charge >= 0.3 is 0 Å². The van der Waals surface area contributed by atoms with Gasteiger partial charge in [-0.2, -0.15) is 0 Å². The van der Waals surface area contributed by atoms with Gasteiger partial charge in [-0.25, -0.2) is 4.98 Å². The highest BCUT2D eigenvalue weighted by molar-refractivity contribution is 5.29. The van der Waals surface area contributed by atoms with E-state index in [9.17, 15) is 0 Å². The van der Waals surface area contributed by atoms with Gasteiger partial charge in [0.15, 0.2) is 0 Å². The van der Waals surface area contributed by atoms with Crippen molar-refractivity contribution in [1.82, 2.24) is 14.9 Å². The number of rotatable bonds is 4. The molecule has 0 amide bonds. The summed E-state index contributed by atoms with van der Waals surface area (Å²) in [5, 5.41) is 12.0. The molecule has 0 bridgehead atoms. The molecule has 1 fully saturated rings. The van der Waals surface area contributed by atoms with E-state index in [1.165, 1.54) is 0 Å². The first kappa shape index (κ1) is 12.3. The number of nitrogens with one attached hydrogen (secondary N) is 1. The fraction of sp³-hybridized carbons (Fsp3) is 0.667. The van der Waals surface area contributed by atoms with Crippen LogP contribution in [0.1, 0.15) is 18.5 Å². The van der Waals surface area contributed by atoms with Crippen LogP contribution in [0.25, 0.3) is 0 Å².